The molecule has 0 unspecified atom stereocenters. The summed E-state index contributed by atoms with van der Waals surface area (Å²) >= 11 is 0. The molecule has 2 heterocycles. The van der Waals surface area contributed by atoms with E-state index in [1.807, 2.05) is 4.98 Å². The number of hydrogen-bond acceptors (Lipinski definition) is 3. The Balaban J connectivity index is 2.08. The minimum Gasteiger partial charge on any atom is -0.273 e. The summed E-state index contributed by atoms with van der Waals surface area (Å²) < 4.78 is 42.4. The number of H-pyrrole nitrogens is 1. The molecule has 0 fully saturated rings. The van der Waals surface area contributed by atoms with Gasteiger partial charge in [0.2, 0.25) is 0 Å². The van der Waals surface area contributed by atoms with Crippen LogP contribution in [-0.4, -0.2) is 14.5 Å². The van der Waals surface area contributed by atoms with Gasteiger partial charge in [0.1, 0.15) is 0 Å². The first-order valence-corrected chi connectivity index (χ1v) is 8.69. The van der Waals surface area contributed by atoms with Crippen molar-refractivity contribution in [2.24, 2.45) is 0 Å². The van der Waals surface area contributed by atoms with Gasteiger partial charge in [-0.1, -0.05) is 60.7 Å². The summed E-state index contributed by atoms with van der Waals surface area (Å²) in [5, 5.41) is -0.660. The van der Waals surface area contributed by atoms with E-state index in [0.717, 1.165) is 10.6 Å². The van der Waals surface area contributed by atoms with Crippen LogP contribution in [0.3, 0.4) is 0 Å². The molecule has 146 valence electrons. The number of benzene rings is 2. The number of halogens is 3. The number of hydrogen-bond donors (Lipinski definition) is 1. The topological polar surface area (TPSA) is 67.8 Å². The van der Waals surface area contributed by atoms with Crippen molar-refractivity contribution >= 4 is 11.0 Å². The molecule has 0 radical (unpaired) electrons. The zero-order valence-corrected chi connectivity index (χ0v) is 14.9. The summed E-state index contributed by atoms with van der Waals surface area (Å²) in [5.41, 5.74) is -2.23. The molecule has 0 aliphatic carbocycles. The van der Waals surface area contributed by atoms with Crippen LogP contribution in [-0.2, 0) is 12.7 Å². The largest absolute Gasteiger partial charge is 0.417 e. The number of nitrogens with zero attached hydrogens (tertiary/aromatic N) is 2. The van der Waals surface area contributed by atoms with Crippen molar-refractivity contribution in [2.75, 3.05) is 0 Å². The van der Waals surface area contributed by atoms with E-state index in [-0.39, 0.29) is 17.9 Å². The fourth-order valence-electron chi connectivity index (χ4n) is 3.17. The van der Waals surface area contributed by atoms with Crippen LogP contribution < -0.4 is 11.2 Å². The Hall–Kier alpha value is -3.68. The normalized spacial score (nSPS) is 11.7. The van der Waals surface area contributed by atoms with E-state index in [2.05, 4.69) is 4.98 Å². The molecule has 2 aromatic carbocycles. The van der Waals surface area contributed by atoms with Crippen molar-refractivity contribution in [1.82, 2.24) is 14.5 Å². The number of nitrogens with one attached hydrogen (secondary N) is 1. The maximum Gasteiger partial charge on any atom is 0.417 e. The molecular weight excluding hydrogens is 383 g/mol. The summed E-state index contributed by atoms with van der Waals surface area (Å²) in [4.78, 5) is 31.0. The molecule has 0 bridgehead atoms. The molecule has 0 atom stereocenters. The zero-order chi connectivity index (χ0) is 20.6. The summed E-state index contributed by atoms with van der Waals surface area (Å²) in [6, 6.07) is 17.9. The van der Waals surface area contributed by atoms with E-state index >= 15 is 0 Å². The average Bonchev–Trinajstić information content (AvgIpc) is 2.71. The molecule has 4 rings (SSSR count). The summed E-state index contributed by atoms with van der Waals surface area (Å²) in [7, 11) is 0. The van der Waals surface area contributed by atoms with Crippen LogP contribution in [0, 0.1) is 0 Å². The van der Waals surface area contributed by atoms with Gasteiger partial charge in [-0.2, -0.15) is 13.2 Å². The minimum atomic E-state index is -4.80. The molecule has 0 aliphatic rings. The van der Waals surface area contributed by atoms with Crippen LogP contribution in [0.2, 0.25) is 0 Å². The molecule has 2 aromatic heterocycles. The fraction of sp³-hybridized carbons (Fsp3) is 0.0952. The van der Waals surface area contributed by atoms with Gasteiger partial charge in [-0.25, -0.2) is 9.78 Å². The Morgan fingerprint density at radius 3 is 2.17 bits per heavy atom. The summed E-state index contributed by atoms with van der Waals surface area (Å²) in [6.45, 7) is -0.0322. The highest BCUT2D eigenvalue weighted by molar-refractivity contribution is 5.82. The fourth-order valence-corrected chi connectivity index (χ4v) is 3.17. The van der Waals surface area contributed by atoms with E-state index in [1.165, 1.54) is 0 Å². The molecular formula is C21H14F3N3O2. The van der Waals surface area contributed by atoms with Crippen molar-refractivity contribution in [2.45, 2.75) is 12.7 Å². The van der Waals surface area contributed by atoms with Gasteiger partial charge in [-0.15, -0.1) is 0 Å². The van der Waals surface area contributed by atoms with Gasteiger partial charge in [-0.3, -0.25) is 14.3 Å². The molecule has 1 N–H and O–H groups in total. The maximum absolute atomic E-state index is 13.8. The quantitative estimate of drug-likeness (QED) is 0.572. The lowest BCUT2D eigenvalue weighted by atomic mass is 10.1. The second-order valence-corrected chi connectivity index (χ2v) is 6.45. The number of aromatic nitrogens is 3. The van der Waals surface area contributed by atoms with Gasteiger partial charge >= 0.3 is 11.9 Å². The Kier molecular flexibility index (Phi) is 4.54. The molecule has 0 aliphatic heterocycles. The van der Waals surface area contributed by atoms with Crippen LogP contribution >= 0.6 is 0 Å². The van der Waals surface area contributed by atoms with E-state index in [1.54, 1.807) is 60.7 Å². The van der Waals surface area contributed by atoms with Crippen molar-refractivity contribution in [1.29, 1.82) is 0 Å². The molecule has 29 heavy (non-hydrogen) atoms. The van der Waals surface area contributed by atoms with Crippen LogP contribution in [0.25, 0.3) is 22.3 Å². The average molecular weight is 397 g/mol. The smallest absolute Gasteiger partial charge is 0.273 e. The Morgan fingerprint density at radius 2 is 1.55 bits per heavy atom. The molecule has 5 nitrogen and oxygen atoms in total. The second kappa shape index (κ2) is 7.05. The van der Waals surface area contributed by atoms with Gasteiger partial charge in [-0.05, 0) is 11.6 Å². The van der Waals surface area contributed by atoms with Crippen LogP contribution in [0.5, 0.6) is 0 Å². The van der Waals surface area contributed by atoms with Crippen LogP contribution in [0.4, 0.5) is 13.2 Å². The first kappa shape index (κ1) is 18.7. The molecule has 0 spiro atoms. The highest BCUT2D eigenvalue weighted by Gasteiger charge is 2.35. The predicted molar refractivity (Wildman–Crippen MR) is 103 cm³/mol. The molecule has 0 saturated heterocycles. The second-order valence-electron chi connectivity index (χ2n) is 6.45. The van der Waals surface area contributed by atoms with Gasteiger partial charge in [0.05, 0.1) is 23.2 Å². The Bertz CT molecular complexity index is 1290. The number of fused-ring (bicyclic) bond motifs is 1. The third kappa shape index (κ3) is 3.56. The first-order chi connectivity index (χ1) is 13.8. The third-order valence-corrected chi connectivity index (χ3v) is 4.51. The lowest BCUT2D eigenvalue weighted by molar-refractivity contribution is -0.136. The number of alkyl halides is 3. The van der Waals surface area contributed by atoms with Gasteiger partial charge in [0.15, 0.2) is 5.65 Å². The first-order valence-electron chi connectivity index (χ1n) is 8.69. The van der Waals surface area contributed by atoms with Gasteiger partial charge in [0, 0.05) is 5.56 Å². The molecule has 4 aromatic rings. The number of rotatable bonds is 3. The van der Waals surface area contributed by atoms with Crippen molar-refractivity contribution in [3.05, 3.63) is 98.7 Å². The summed E-state index contributed by atoms with van der Waals surface area (Å²) in [5.74, 6) is 0. The van der Waals surface area contributed by atoms with Gasteiger partial charge < -0.3 is 0 Å². The summed E-state index contributed by atoms with van der Waals surface area (Å²) in [6.07, 6.45) is -4.80. The maximum atomic E-state index is 13.8. The minimum absolute atomic E-state index is 0.0252. The lowest BCUT2D eigenvalue weighted by Crippen LogP contribution is -2.32. The molecule has 0 saturated carbocycles. The van der Waals surface area contributed by atoms with E-state index in [4.69, 9.17) is 0 Å². The van der Waals surface area contributed by atoms with E-state index in [9.17, 15) is 22.8 Å². The highest BCUT2D eigenvalue weighted by atomic mass is 19.4. The molecule has 0 amide bonds. The van der Waals surface area contributed by atoms with E-state index < -0.39 is 28.4 Å². The highest BCUT2D eigenvalue weighted by Crippen LogP contribution is 2.35. The lowest BCUT2D eigenvalue weighted by Gasteiger charge is -2.15. The zero-order valence-electron chi connectivity index (χ0n) is 14.9. The monoisotopic (exact) mass is 397 g/mol. The molecule has 8 heteroatoms. The Labute approximate surface area is 162 Å². The third-order valence-electron chi connectivity index (χ3n) is 4.51. The standard InChI is InChI=1S/C21H14F3N3O2/c22-21(23,24)15-11-16(14-9-5-2-6-10-14)25-18-17(15)19(28)26-20(29)27(18)12-13-7-3-1-4-8-13/h1-11H,12H2,(H,26,28,29). The van der Waals surface area contributed by atoms with Crippen molar-refractivity contribution in [3.63, 3.8) is 0 Å². The van der Waals surface area contributed by atoms with E-state index in [0.29, 0.717) is 11.1 Å². The van der Waals surface area contributed by atoms with Crippen LogP contribution in [0.15, 0.2) is 76.3 Å². The number of pyridine rings is 1. The van der Waals surface area contributed by atoms with Crippen molar-refractivity contribution in [3.8, 4) is 11.3 Å². The van der Waals surface area contributed by atoms with Gasteiger partial charge in [0.25, 0.3) is 5.56 Å². The van der Waals surface area contributed by atoms with Crippen LogP contribution in [0.1, 0.15) is 11.1 Å². The SMILES string of the molecule is O=c1[nH]c(=O)n(Cc2ccccc2)c2nc(-c3ccccc3)cc(C(F)(F)F)c12. The van der Waals surface area contributed by atoms with Crippen molar-refractivity contribution < 1.29 is 13.2 Å². The predicted octanol–water partition coefficient (Wildman–Crippen LogP) is 3.82. The Morgan fingerprint density at radius 1 is 0.931 bits per heavy atom. The number of aromatic amines is 1.